The van der Waals surface area contributed by atoms with E-state index < -0.39 is 71.6 Å². The van der Waals surface area contributed by atoms with Crippen LogP contribution in [0.3, 0.4) is 0 Å². The molecule has 7 N–H and O–H groups in total. The van der Waals surface area contributed by atoms with E-state index in [0.717, 1.165) is 18.4 Å². The molecule has 0 spiro atoms. The van der Waals surface area contributed by atoms with E-state index in [9.17, 15) is 40.5 Å². The summed E-state index contributed by atoms with van der Waals surface area (Å²) in [7, 11) is 0. The number of carbonyl (C=O) groups is 1. The maximum absolute atomic E-state index is 12.4. The highest BCUT2D eigenvalue weighted by molar-refractivity contribution is 5.85. The van der Waals surface area contributed by atoms with Crippen molar-refractivity contribution >= 4 is 5.97 Å². The zero-order chi connectivity index (χ0) is 28.8. The average Bonchev–Trinajstić information content (AvgIpc) is 3.45. The van der Waals surface area contributed by atoms with Crippen molar-refractivity contribution in [3.05, 3.63) is 11.6 Å². The molecule has 2 aliphatic heterocycles. The first kappa shape index (κ1) is 28.9. The van der Waals surface area contributed by atoms with E-state index in [1.807, 2.05) is 6.92 Å². The van der Waals surface area contributed by atoms with Crippen LogP contribution in [0, 0.1) is 28.6 Å². The van der Waals surface area contributed by atoms with Crippen LogP contribution in [-0.4, -0.2) is 109 Å². The number of hydrogen-bond acceptors (Lipinski definition) is 11. The Morgan fingerprint density at radius 1 is 0.975 bits per heavy atom. The van der Waals surface area contributed by atoms with Gasteiger partial charge in [0.25, 0.3) is 0 Å². The Hall–Kier alpha value is -1.15. The zero-order valence-electron chi connectivity index (χ0n) is 23.2. The normalized spacial score (nSPS) is 56.1. The lowest BCUT2D eigenvalue weighted by molar-refractivity contribution is -0.333. The van der Waals surface area contributed by atoms with Gasteiger partial charge >= 0.3 is 5.97 Å². The zero-order valence-corrected chi connectivity index (χ0v) is 23.2. The Bertz CT molecular complexity index is 1050. The molecule has 6 aliphatic rings. The van der Waals surface area contributed by atoms with Crippen LogP contribution in [-0.2, 0) is 19.0 Å². The molecule has 0 amide bonds. The van der Waals surface area contributed by atoms with Crippen LogP contribution in [0.2, 0.25) is 0 Å². The number of aliphatic hydroxyl groups excluding tert-OH is 5. The molecule has 4 saturated carbocycles. The number of rotatable bonds is 4. The summed E-state index contributed by atoms with van der Waals surface area (Å²) in [6, 6.07) is 0. The van der Waals surface area contributed by atoms with Gasteiger partial charge in [-0.1, -0.05) is 13.8 Å². The Kier molecular flexibility index (Phi) is 7.01. The summed E-state index contributed by atoms with van der Waals surface area (Å²) in [6.45, 7) is 3.74. The molecule has 0 radical (unpaired) electrons. The number of esters is 1. The molecule has 11 nitrogen and oxygen atoms in total. The predicted octanol–water partition coefficient (Wildman–Crippen LogP) is -0.486. The highest BCUT2D eigenvalue weighted by atomic mass is 16.7. The molecule has 0 aromatic heterocycles. The Morgan fingerprint density at radius 3 is 2.38 bits per heavy atom. The molecule has 0 bridgehead atoms. The molecule has 5 fully saturated rings. The van der Waals surface area contributed by atoms with Gasteiger partial charge in [0.1, 0.15) is 31.0 Å². The van der Waals surface area contributed by atoms with E-state index in [2.05, 4.69) is 6.92 Å². The first-order valence-electron chi connectivity index (χ1n) is 14.7. The van der Waals surface area contributed by atoms with Crippen LogP contribution >= 0.6 is 0 Å². The largest absolute Gasteiger partial charge is 0.458 e. The van der Waals surface area contributed by atoms with Gasteiger partial charge < -0.3 is 50.0 Å². The van der Waals surface area contributed by atoms with E-state index >= 15 is 0 Å². The fourth-order valence-electron chi connectivity index (χ4n) is 9.92. The van der Waals surface area contributed by atoms with Gasteiger partial charge in [0.05, 0.1) is 30.0 Å². The standard InChI is InChI=1S/C29H44O11/c1-26-6-3-17-18(29(26,37)8-5-16(26)14-9-21(32)38-13-14)4-7-28(36)11-15(10-20(31)27(17,28)2)39-25-24(35)23(34)22(33)19(12-30)40-25/h9,15-20,22-25,30-31,33-37H,3-8,10-13H2,1-2H3/t15-,16+,17-,18+,19+,20+,22+,23-,24+,25+,26+,27-,28-,29-/m0/s1. The Balaban J connectivity index is 1.22. The quantitative estimate of drug-likeness (QED) is 0.171. The van der Waals surface area contributed by atoms with E-state index in [0.29, 0.717) is 25.7 Å². The van der Waals surface area contributed by atoms with Gasteiger partial charge in [-0.15, -0.1) is 0 Å². The number of aliphatic hydroxyl groups is 7. The molecule has 2 heterocycles. The topological polar surface area (TPSA) is 186 Å². The van der Waals surface area contributed by atoms with Crippen molar-refractivity contribution in [1.82, 2.24) is 0 Å². The van der Waals surface area contributed by atoms with Gasteiger partial charge in [-0.2, -0.15) is 0 Å². The molecule has 4 aliphatic carbocycles. The second-order valence-corrected chi connectivity index (χ2v) is 13.8. The van der Waals surface area contributed by atoms with Crippen molar-refractivity contribution in [3.63, 3.8) is 0 Å². The average molecular weight is 569 g/mol. The lowest BCUT2D eigenvalue weighted by Gasteiger charge is -2.67. The van der Waals surface area contributed by atoms with Crippen LogP contribution in [0.1, 0.15) is 65.2 Å². The van der Waals surface area contributed by atoms with Crippen molar-refractivity contribution in [2.24, 2.45) is 28.6 Å². The summed E-state index contributed by atoms with van der Waals surface area (Å²) in [5.74, 6) is -0.547. The van der Waals surface area contributed by atoms with Crippen molar-refractivity contribution in [2.75, 3.05) is 13.2 Å². The SMILES string of the molecule is C[C@]12[C@H](O)C[C@H](O[C@@H]3O[C@H](CO)[C@@H](O)[C@H](O)[C@H]3O)C[C@@]1(O)CC[C@@H]1[C@@H]2CC[C@]2(C)[C@@H](C3=CC(=O)OC3)CC[C@]12O. The number of fused-ring (bicyclic) bond motifs is 5. The van der Waals surface area contributed by atoms with Crippen LogP contribution in [0.4, 0.5) is 0 Å². The summed E-state index contributed by atoms with van der Waals surface area (Å²) in [6.07, 6.45) is -3.18. The minimum atomic E-state index is -1.58. The predicted molar refractivity (Wildman–Crippen MR) is 137 cm³/mol. The smallest absolute Gasteiger partial charge is 0.331 e. The van der Waals surface area contributed by atoms with Crippen molar-refractivity contribution in [3.8, 4) is 0 Å². The van der Waals surface area contributed by atoms with E-state index in [1.165, 1.54) is 0 Å². The van der Waals surface area contributed by atoms with Crippen LogP contribution in [0.25, 0.3) is 0 Å². The van der Waals surface area contributed by atoms with Crippen molar-refractivity contribution in [2.45, 2.75) is 119 Å². The Morgan fingerprint density at radius 2 is 1.70 bits per heavy atom. The number of ether oxygens (including phenoxy) is 3. The van der Waals surface area contributed by atoms with Crippen molar-refractivity contribution < 1.29 is 54.8 Å². The van der Waals surface area contributed by atoms with Gasteiger partial charge in [-0.25, -0.2) is 4.79 Å². The van der Waals surface area contributed by atoms with Gasteiger partial charge in [0.15, 0.2) is 6.29 Å². The fraction of sp³-hybridized carbons (Fsp3) is 0.897. The fourth-order valence-corrected chi connectivity index (χ4v) is 9.92. The van der Waals surface area contributed by atoms with E-state index in [4.69, 9.17) is 14.2 Å². The van der Waals surface area contributed by atoms with Crippen molar-refractivity contribution in [1.29, 1.82) is 0 Å². The number of cyclic esters (lactones) is 1. The van der Waals surface area contributed by atoms with E-state index in [1.54, 1.807) is 6.08 Å². The molecular weight excluding hydrogens is 524 g/mol. The van der Waals surface area contributed by atoms with Crippen LogP contribution in [0.5, 0.6) is 0 Å². The molecule has 40 heavy (non-hydrogen) atoms. The molecule has 226 valence electrons. The second kappa shape index (κ2) is 9.68. The van der Waals surface area contributed by atoms with Gasteiger partial charge in [-0.05, 0) is 61.9 Å². The monoisotopic (exact) mass is 568 g/mol. The Labute approximate surface area is 233 Å². The number of carbonyl (C=O) groups excluding carboxylic acids is 1. The molecule has 11 heteroatoms. The maximum atomic E-state index is 12.4. The summed E-state index contributed by atoms with van der Waals surface area (Å²) >= 11 is 0. The van der Waals surface area contributed by atoms with Gasteiger partial charge in [-0.3, -0.25) is 0 Å². The van der Waals surface area contributed by atoms with Crippen LogP contribution < -0.4 is 0 Å². The summed E-state index contributed by atoms with van der Waals surface area (Å²) in [5.41, 5.74) is -2.70. The van der Waals surface area contributed by atoms with E-state index in [-0.39, 0.29) is 43.2 Å². The molecule has 1 saturated heterocycles. The lowest BCUT2D eigenvalue weighted by atomic mass is 9.41. The minimum Gasteiger partial charge on any atom is -0.458 e. The van der Waals surface area contributed by atoms with Crippen LogP contribution in [0.15, 0.2) is 11.6 Å². The lowest BCUT2D eigenvalue weighted by Crippen LogP contribution is -2.71. The molecule has 0 unspecified atom stereocenters. The third-order valence-corrected chi connectivity index (χ3v) is 12.3. The number of hydrogen-bond donors (Lipinski definition) is 7. The summed E-state index contributed by atoms with van der Waals surface area (Å²) in [4.78, 5) is 11.8. The highest BCUT2D eigenvalue weighted by Gasteiger charge is 2.72. The molecule has 0 aromatic rings. The first-order chi connectivity index (χ1) is 18.8. The third kappa shape index (κ3) is 3.85. The molecule has 6 rings (SSSR count). The third-order valence-electron chi connectivity index (χ3n) is 12.3. The molecule has 0 aromatic carbocycles. The summed E-state index contributed by atoms with van der Waals surface area (Å²) in [5, 5.41) is 76.4. The minimum absolute atomic E-state index is 0.0473. The summed E-state index contributed by atoms with van der Waals surface area (Å²) < 4.78 is 16.7. The second-order valence-electron chi connectivity index (χ2n) is 13.8. The first-order valence-corrected chi connectivity index (χ1v) is 14.7. The van der Waals surface area contributed by atoms with Gasteiger partial charge in [0, 0.05) is 29.7 Å². The molecular formula is C29H44O11. The highest BCUT2D eigenvalue weighted by Crippen LogP contribution is 2.70. The molecule has 14 atom stereocenters. The van der Waals surface area contributed by atoms with Gasteiger partial charge in [0.2, 0.25) is 0 Å². The maximum Gasteiger partial charge on any atom is 0.331 e.